The van der Waals surface area contributed by atoms with E-state index in [1.807, 2.05) is 0 Å². The standard InChI is InChI=1S/C12H10F3N2.C11H8F3N2.C9H5F3N3.Ir/c1-16-7-2-8-17(16)9-10-3-5-11(6-4-10)12(13,14)15;12-11(13,14)10-4-2-9(3-5-10)8-16-7-1-6-15-16;10-9(11,12)8-5-7(14-15-8)6-3-1-2-4-13-6;/h2-3,5-8H,1,9H2;1-2,4-7H,8H2;1-5H;/q3*-1;. The minimum Gasteiger partial charge on any atom is -0.573 e. The van der Waals surface area contributed by atoms with Gasteiger partial charge in [-0.05, 0) is 24.3 Å². The van der Waals surface area contributed by atoms with Crippen molar-refractivity contribution in [3.05, 3.63) is 151 Å². The van der Waals surface area contributed by atoms with Crippen molar-refractivity contribution in [2.75, 3.05) is 0 Å². The molecule has 0 aliphatic heterocycles. The van der Waals surface area contributed by atoms with Gasteiger partial charge in [0.25, 0.3) is 0 Å². The summed E-state index contributed by atoms with van der Waals surface area (Å²) in [6.07, 6.45) is -4.69. The molecule has 7 nitrogen and oxygen atoms in total. The number of nitrogens with zero attached hydrogens (tertiary/aromatic N) is 7. The Labute approximate surface area is 287 Å². The minimum atomic E-state index is -4.46. The largest absolute Gasteiger partial charge is 0.573 e. The second kappa shape index (κ2) is 16.5. The van der Waals surface area contributed by atoms with Gasteiger partial charge in [-0.3, -0.25) is 9.67 Å². The molecule has 49 heavy (non-hydrogen) atoms. The topological polar surface area (TPSA) is 66.5 Å². The third-order valence-corrected chi connectivity index (χ3v) is 6.24. The first-order chi connectivity index (χ1) is 22.6. The van der Waals surface area contributed by atoms with Gasteiger partial charge in [0.05, 0.1) is 12.7 Å². The van der Waals surface area contributed by atoms with Crippen LogP contribution in [0.5, 0.6) is 0 Å². The van der Waals surface area contributed by atoms with Gasteiger partial charge in [0, 0.05) is 64.2 Å². The molecule has 0 aliphatic carbocycles. The molecule has 0 bridgehead atoms. The number of pyridine rings is 1. The number of rotatable bonds is 5. The van der Waals surface area contributed by atoms with Crippen molar-refractivity contribution in [1.82, 2.24) is 29.6 Å². The Bertz CT molecular complexity index is 1830. The number of hydrogen-bond donors (Lipinski definition) is 0. The van der Waals surface area contributed by atoms with E-state index in [0.717, 1.165) is 30.3 Å². The zero-order chi connectivity index (χ0) is 35.0. The Morgan fingerprint density at radius 1 is 0.735 bits per heavy atom. The molecule has 0 spiro atoms. The summed E-state index contributed by atoms with van der Waals surface area (Å²) < 4.78 is 115. The van der Waals surface area contributed by atoms with Crippen LogP contribution in [0.15, 0.2) is 104 Å². The predicted molar refractivity (Wildman–Crippen MR) is 152 cm³/mol. The quantitative estimate of drug-likeness (QED) is 0.105. The van der Waals surface area contributed by atoms with Crippen LogP contribution in [0, 0.1) is 19.2 Å². The molecule has 0 saturated carbocycles. The summed E-state index contributed by atoms with van der Waals surface area (Å²) in [4.78, 5) is 3.87. The first-order valence-corrected chi connectivity index (χ1v) is 13.6. The van der Waals surface area contributed by atoms with Gasteiger partial charge in [0.2, 0.25) is 0 Å². The molecule has 0 unspecified atom stereocenters. The molecule has 0 fully saturated rings. The molecule has 0 amide bonds. The third kappa shape index (κ3) is 11.6. The number of halogens is 9. The second-order valence-corrected chi connectivity index (χ2v) is 9.76. The van der Waals surface area contributed by atoms with Gasteiger partial charge in [0.1, 0.15) is 5.69 Å². The summed E-state index contributed by atoms with van der Waals surface area (Å²) >= 11 is 0. The summed E-state index contributed by atoms with van der Waals surface area (Å²) in [5.41, 5.74) is -0.525. The average Bonchev–Trinajstić information content (AvgIpc) is 3.82. The molecule has 2 aromatic carbocycles. The van der Waals surface area contributed by atoms with E-state index in [1.54, 1.807) is 69.2 Å². The van der Waals surface area contributed by atoms with Gasteiger partial charge in [-0.25, -0.2) is 4.68 Å². The van der Waals surface area contributed by atoms with Crippen molar-refractivity contribution in [2.24, 2.45) is 0 Å². The number of hydrogen-bond acceptors (Lipinski definition) is 3. The van der Waals surface area contributed by atoms with Gasteiger partial charge < -0.3 is 10.2 Å². The molecule has 4 heterocycles. The first kappa shape index (κ1) is 38.6. The minimum absolute atomic E-state index is 0. The Morgan fingerprint density at radius 3 is 1.80 bits per heavy atom. The molecule has 0 aliphatic rings. The maximum absolute atomic E-state index is 12.3. The van der Waals surface area contributed by atoms with Gasteiger partial charge in [-0.15, -0.1) is 11.1 Å². The van der Waals surface area contributed by atoms with E-state index in [2.05, 4.69) is 39.5 Å². The zero-order valence-corrected chi connectivity index (χ0v) is 27.2. The van der Waals surface area contributed by atoms with Gasteiger partial charge in [-0.1, -0.05) is 29.0 Å². The summed E-state index contributed by atoms with van der Waals surface area (Å²) in [6, 6.07) is 21.4. The molecule has 0 saturated heterocycles. The molecule has 6 aromatic rings. The molecule has 6 rings (SSSR count). The fourth-order valence-electron chi connectivity index (χ4n) is 3.83. The maximum atomic E-state index is 12.3. The smallest absolute Gasteiger partial charge is 0.431 e. The fraction of sp³-hybridized carbons (Fsp3) is 0.156. The molecule has 0 N–H and O–H groups in total. The molecule has 261 valence electrons. The predicted octanol–water partition coefficient (Wildman–Crippen LogP) is 7.15. The van der Waals surface area contributed by atoms with Gasteiger partial charge in [0.15, 0.2) is 0 Å². The van der Waals surface area contributed by atoms with E-state index in [0.29, 0.717) is 29.9 Å². The number of benzene rings is 2. The summed E-state index contributed by atoms with van der Waals surface area (Å²) in [5.74, 6) is 0. The van der Waals surface area contributed by atoms with Crippen molar-refractivity contribution >= 4 is 0 Å². The van der Waals surface area contributed by atoms with E-state index < -0.39 is 35.3 Å². The molecular weight excluding hydrogens is 846 g/mol. The van der Waals surface area contributed by atoms with Crippen molar-refractivity contribution < 1.29 is 64.3 Å². The van der Waals surface area contributed by atoms with E-state index in [9.17, 15) is 39.5 Å². The summed E-state index contributed by atoms with van der Waals surface area (Å²) in [7, 11) is 3.72. The Morgan fingerprint density at radius 2 is 1.37 bits per heavy atom. The van der Waals surface area contributed by atoms with Crippen LogP contribution in [0.1, 0.15) is 27.9 Å². The van der Waals surface area contributed by atoms with E-state index >= 15 is 0 Å². The van der Waals surface area contributed by atoms with Crippen LogP contribution in [0.3, 0.4) is 0 Å². The molecule has 4 aromatic heterocycles. The van der Waals surface area contributed by atoms with Crippen LogP contribution in [0.2, 0.25) is 0 Å². The third-order valence-electron chi connectivity index (χ3n) is 6.24. The van der Waals surface area contributed by atoms with Crippen molar-refractivity contribution in [1.29, 1.82) is 0 Å². The Kier molecular flexibility index (Phi) is 13.0. The van der Waals surface area contributed by atoms with E-state index in [1.165, 1.54) is 18.3 Å². The Hall–Kier alpha value is -4.89. The van der Waals surface area contributed by atoms with Crippen molar-refractivity contribution in [3.8, 4) is 11.4 Å². The summed E-state index contributed by atoms with van der Waals surface area (Å²) in [6.45, 7) is 0.861. The summed E-state index contributed by atoms with van der Waals surface area (Å²) in [5, 5.41) is 10.4. The van der Waals surface area contributed by atoms with Crippen LogP contribution in [0.25, 0.3) is 11.4 Å². The molecule has 1 radical (unpaired) electrons. The SMILES string of the molecule is FC(F)(F)c1c[c-]c(Cn2cccn2)cc1.FC(F)(F)c1cc(-c2ccccn2)[n-]n1.[CH2-][n+]1cccn1Cc1[c-]cc(C(F)(F)F)cc1.[Ir]. The normalized spacial score (nSPS) is 11.4. The van der Waals surface area contributed by atoms with E-state index in [4.69, 9.17) is 0 Å². The van der Waals surface area contributed by atoms with Gasteiger partial charge in [-0.2, -0.15) is 97.8 Å². The van der Waals surface area contributed by atoms with E-state index in [-0.39, 0.29) is 25.8 Å². The fourth-order valence-corrected chi connectivity index (χ4v) is 3.83. The van der Waals surface area contributed by atoms with Crippen LogP contribution < -0.4 is 9.78 Å². The molecule has 0 atom stereocenters. The maximum Gasteiger partial charge on any atom is 0.431 e. The second-order valence-electron chi connectivity index (χ2n) is 9.76. The van der Waals surface area contributed by atoms with Gasteiger partial charge >= 0.3 is 18.5 Å². The van der Waals surface area contributed by atoms with Crippen molar-refractivity contribution in [3.63, 3.8) is 0 Å². The molecular formula is C32H23F9IrN7-3. The Balaban J connectivity index is 0.000000197. The number of aromatic nitrogens is 7. The first-order valence-electron chi connectivity index (χ1n) is 13.6. The molecule has 17 heteroatoms. The van der Waals surface area contributed by atoms with Crippen molar-refractivity contribution in [2.45, 2.75) is 31.6 Å². The van der Waals surface area contributed by atoms with Crippen LogP contribution in [-0.4, -0.2) is 24.5 Å². The monoisotopic (exact) mass is 869 g/mol. The van der Waals surface area contributed by atoms with Crippen LogP contribution in [-0.2, 0) is 51.7 Å². The van der Waals surface area contributed by atoms with Crippen LogP contribution in [0.4, 0.5) is 39.5 Å². The zero-order valence-electron chi connectivity index (χ0n) is 24.8. The average molecular weight is 869 g/mol. The number of alkyl halides is 9. The van der Waals surface area contributed by atoms with Crippen LogP contribution >= 0.6 is 0 Å².